The molecule has 0 aromatic heterocycles. The molecule has 3 rings (SSSR count). The van der Waals surface area contributed by atoms with Crippen LogP contribution in [0.3, 0.4) is 0 Å². The predicted molar refractivity (Wildman–Crippen MR) is 106 cm³/mol. The summed E-state index contributed by atoms with van der Waals surface area (Å²) in [7, 11) is 0. The molecule has 4 heteroatoms. The zero-order chi connectivity index (χ0) is 18.4. The van der Waals surface area contributed by atoms with Gasteiger partial charge in [0.25, 0.3) is 0 Å². The van der Waals surface area contributed by atoms with Crippen molar-refractivity contribution in [2.75, 3.05) is 6.54 Å². The van der Waals surface area contributed by atoms with Crippen LogP contribution in [0.25, 0.3) is 6.08 Å². The molecule has 142 valence electrons. The zero-order valence-electron chi connectivity index (χ0n) is 15.8. The SMILES string of the molecule is CC/C(=C\c1ccccc1)[C@@H]1CC1NC1CCC(NCCC(=O)O)CC1. The van der Waals surface area contributed by atoms with E-state index in [0.29, 0.717) is 30.6 Å². The van der Waals surface area contributed by atoms with E-state index in [4.69, 9.17) is 5.11 Å². The minimum absolute atomic E-state index is 0.218. The largest absolute Gasteiger partial charge is 0.481 e. The summed E-state index contributed by atoms with van der Waals surface area (Å²) in [5, 5.41) is 16.0. The average Bonchev–Trinajstić information content (AvgIpc) is 3.40. The first kappa shape index (κ1) is 19.1. The summed E-state index contributed by atoms with van der Waals surface area (Å²) >= 11 is 0. The van der Waals surface area contributed by atoms with E-state index in [1.807, 2.05) is 0 Å². The third-order valence-corrected chi connectivity index (χ3v) is 5.78. The second-order valence-corrected chi connectivity index (χ2v) is 7.75. The minimum Gasteiger partial charge on any atom is -0.481 e. The topological polar surface area (TPSA) is 61.4 Å². The number of carboxylic acids is 1. The fourth-order valence-corrected chi connectivity index (χ4v) is 4.17. The van der Waals surface area contributed by atoms with Gasteiger partial charge in [0.1, 0.15) is 0 Å². The van der Waals surface area contributed by atoms with Crippen LogP contribution in [-0.4, -0.2) is 35.7 Å². The van der Waals surface area contributed by atoms with Gasteiger partial charge in [0, 0.05) is 24.7 Å². The summed E-state index contributed by atoms with van der Waals surface area (Å²) in [6, 6.07) is 12.4. The van der Waals surface area contributed by atoms with E-state index in [1.54, 1.807) is 5.57 Å². The van der Waals surface area contributed by atoms with Crippen LogP contribution in [-0.2, 0) is 4.79 Å². The number of carbonyl (C=O) groups is 1. The molecule has 0 bridgehead atoms. The van der Waals surface area contributed by atoms with Gasteiger partial charge in [0.05, 0.1) is 6.42 Å². The molecule has 1 aromatic carbocycles. The molecule has 2 aliphatic carbocycles. The molecular weight excluding hydrogens is 324 g/mol. The number of hydrogen-bond donors (Lipinski definition) is 3. The molecule has 1 unspecified atom stereocenters. The summed E-state index contributed by atoms with van der Waals surface area (Å²) in [6.45, 7) is 2.85. The normalized spacial score (nSPS) is 28.7. The molecule has 0 heterocycles. The van der Waals surface area contributed by atoms with Crippen LogP contribution in [0.1, 0.15) is 57.4 Å². The van der Waals surface area contributed by atoms with Crippen LogP contribution in [0.4, 0.5) is 0 Å². The Bertz CT molecular complexity index is 606. The van der Waals surface area contributed by atoms with E-state index in [2.05, 4.69) is 54.0 Å². The van der Waals surface area contributed by atoms with Gasteiger partial charge in [-0.1, -0.05) is 48.9 Å². The molecule has 1 aromatic rings. The molecule has 0 aliphatic heterocycles. The lowest BCUT2D eigenvalue weighted by atomic mass is 9.91. The number of carboxylic acid groups (broad SMARTS) is 1. The second kappa shape index (κ2) is 9.33. The van der Waals surface area contributed by atoms with Crippen molar-refractivity contribution in [1.82, 2.24) is 10.6 Å². The molecule has 2 saturated carbocycles. The highest BCUT2D eigenvalue weighted by atomic mass is 16.4. The van der Waals surface area contributed by atoms with Crippen molar-refractivity contribution >= 4 is 12.0 Å². The van der Waals surface area contributed by atoms with Crippen LogP contribution >= 0.6 is 0 Å². The van der Waals surface area contributed by atoms with Gasteiger partial charge in [0.2, 0.25) is 0 Å². The summed E-state index contributed by atoms with van der Waals surface area (Å²) < 4.78 is 0. The Labute approximate surface area is 157 Å². The Morgan fingerprint density at radius 3 is 2.50 bits per heavy atom. The molecule has 2 aliphatic rings. The van der Waals surface area contributed by atoms with Gasteiger partial charge in [-0.05, 0) is 50.0 Å². The molecule has 0 saturated heterocycles. The van der Waals surface area contributed by atoms with Gasteiger partial charge in [-0.2, -0.15) is 0 Å². The van der Waals surface area contributed by atoms with Gasteiger partial charge in [-0.3, -0.25) is 4.79 Å². The molecule has 2 fully saturated rings. The quantitative estimate of drug-likeness (QED) is 0.629. The summed E-state index contributed by atoms with van der Waals surface area (Å²) in [5.41, 5.74) is 2.88. The van der Waals surface area contributed by atoms with Crippen LogP contribution in [0.15, 0.2) is 35.9 Å². The molecule has 0 radical (unpaired) electrons. The van der Waals surface area contributed by atoms with Crippen LogP contribution in [0.2, 0.25) is 0 Å². The monoisotopic (exact) mass is 356 g/mol. The van der Waals surface area contributed by atoms with Gasteiger partial charge in [-0.15, -0.1) is 0 Å². The zero-order valence-corrected chi connectivity index (χ0v) is 15.8. The van der Waals surface area contributed by atoms with Gasteiger partial charge in [0.15, 0.2) is 0 Å². The average molecular weight is 357 g/mol. The number of nitrogens with one attached hydrogen (secondary N) is 2. The Morgan fingerprint density at radius 1 is 1.15 bits per heavy atom. The minimum atomic E-state index is -0.720. The maximum Gasteiger partial charge on any atom is 0.304 e. The highest BCUT2D eigenvalue weighted by Gasteiger charge is 2.40. The Balaban J connectivity index is 1.40. The molecule has 2 atom stereocenters. The van der Waals surface area contributed by atoms with Gasteiger partial charge < -0.3 is 15.7 Å². The molecular formula is C22H32N2O2. The van der Waals surface area contributed by atoms with Crippen LogP contribution in [0.5, 0.6) is 0 Å². The van der Waals surface area contributed by atoms with E-state index >= 15 is 0 Å². The highest BCUT2D eigenvalue weighted by molar-refractivity contribution is 5.66. The lowest BCUT2D eigenvalue weighted by Crippen LogP contribution is -2.41. The van der Waals surface area contributed by atoms with Crippen molar-refractivity contribution in [2.45, 2.75) is 70.0 Å². The van der Waals surface area contributed by atoms with Crippen molar-refractivity contribution in [3.8, 4) is 0 Å². The first-order chi connectivity index (χ1) is 12.7. The molecule has 26 heavy (non-hydrogen) atoms. The van der Waals surface area contributed by atoms with Crippen molar-refractivity contribution < 1.29 is 9.90 Å². The van der Waals surface area contributed by atoms with Gasteiger partial charge in [-0.25, -0.2) is 0 Å². The molecule has 3 N–H and O–H groups in total. The third-order valence-electron chi connectivity index (χ3n) is 5.78. The lowest BCUT2D eigenvalue weighted by molar-refractivity contribution is -0.136. The first-order valence-corrected chi connectivity index (χ1v) is 10.1. The molecule has 0 amide bonds. The van der Waals surface area contributed by atoms with Crippen molar-refractivity contribution in [3.05, 3.63) is 41.5 Å². The Hall–Kier alpha value is -1.65. The van der Waals surface area contributed by atoms with Crippen molar-refractivity contribution in [2.24, 2.45) is 5.92 Å². The third kappa shape index (κ3) is 5.68. The standard InChI is InChI=1S/C22H32N2O2/c1-2-17(14-16-6-4-3-5-7-16)20-15-21(20)24-19-10-8-18(9-11-19)23-13-12-22(25)26/h3-7,14,18-21,23-24H,2,8-13,15H2,1H3,(H,25,26)/b17-14+/t18?,19?,20-,21?/m0/s1. The smallest absolute Gasteiger partial charge is 0.304 e. The summed E-state index contributed by atoms with van der Waals surface area (Å²) in [5.74, 6) is -0.0189. The van der Waals surface area contributed by atoms with Gasteiger partial charge >= 0.3 is 5.97 Å². The maximum absolute atomic E-state index is 10.6. The van der Waals surface area contributed by atoms with E-state index in [1.165, 1.54) is 24.8 Å². The summed E-state index contributed by atoms with van der Waals surface area (Å²) in [6.07, 6.45) is 9.66. The van der Waals surface area contributed by atoms with Crippen LogP contribution in [0, 0.1) is 5.92 Å². The fraction of sp³-hybridized carbons (Fsp3) is 0.591. The second-order valence-electron chi connectivity index (χ2n) is 7.75. The fourth-order valence-electron chi connectivity index (χ4n) is 4.17. The lowest BCUT2D eigenvalue weighted by Gasteiger charge is -2.30. The van der Waals surface area contributed by atoms with E-state index in [9.17, 15) is 4.79 Å². The van der Waals surface area contributed by atoms with E-state index in [-0.39, 0.29) is 6.42 Å². The summed E-state index contributed by atoms with van der Waals surface area (Å²) in [4.78, 5) is 10.6. The molecule has 0 spiro atoms. The number of rotatable bonds is 9. The van der Waals surface area contributed by atoms with E-state index in [0.717, 1.165) is 19.3 Å². The van der Waals surface area contributed by atoms with E-state index < -0.39 is 5.97 Å². The number of benzene rings is 1. The highest BCUT2D eigenvalue weighted by Crippen LogP contribution is 2.40. The Kier molecular flexibility index (Phi) is 6.86. The number of hydrogen-bond acceptors (Lipinski definition) is 3. The van der Waals surface area contributed by atoms with Crippen molar-refractivity contribution in [3.63, 3.8) is 0 Å². The predicted octanol–water partition coefficient (Wildman–Crippen LogP) is 3.83. The maximum atomic E-state index is 10.6. The number of aliphatic carboxylic acids is 1. The van der Waals surface area contributed by atoms with Crippen molar-refractivity contribution in [1.29, 1.82) is 0 Å². The molecule has 4 nitrogen and oxygen atoms in total. The Morgan fingerprint density at radius 2 is 1.85 bits per heavy atom. The van der Waals surface area contributed by atoms with Crippen LogP contribution < -0.4 is 10.6 Å². The first-order valence-electron chi connectivity index (χ1n) is 10.1.